The molecule has 0 aliphatic carbocycles. The van der Waals surface area contributed by atoms with E-state index >= 15 is 0 Å². The van der Waals surface area contributed by atoms with Crippen LogP contribution < -0.4 is 10.6 Å². The Balaban J connectivity index is 0.00000338. The molecule has 0 aromatic heterocycles. The summed E-state index contributed by atoms with van der Waals surface area (Å²) in [5, 5.41) is 6.46. The van der Waals surface area contributed by atoms with E-state index in [1.165, 1.54) is 0 Å². The van der Waals surface area contributed by atoms with Crippen molar-refractivity contribution in [3.05, 3.63) is 29.8 Å². The number of hydrogen-bond donors (Lipinski definition) is 2. The molecule has 1 aromatic rings. The highest BCUT2D eigenvalue weighted by Gasteiger charge is 2.25. The summed E-state index contributed by atoms with van der Waals surface area (Å²) in [4.78, 5) is 4.91. The van der Waals surface area contributed by atoms with Crippen LogP contribution in [0.1, 0.15) is 45.1 Å². The van der Waals surface area contributed by atoms with Crippen LogP contribution >= 0.6 is 24.0 Å². The average molecular weight is 494 g/mol. The van der Waals surface area contributed by atoms with E-state index in [1.54, 1.807) is 16.4 Å². The van der Waals surface area contributed by atoms with Gasteiger partial charge in [-0.25, -0.2) is 13.4 Å². The summed E-state index contributed by atoms with van der Waals surface area (Å²) in [6.45, 7) is 7.60. The number of halogens is 1. The molecule has 0 bridgehead atoms. The number of rotatable bonds is 7. The molecular weight excluding hydrogens is 463 g/mol. The minimum atomic E-state index is -3.36. The van der Waals surface area contributed by atoms with E-state index in [4.69, 9.17) is 0 Å². The van der Waals surface area contributed by atoms with Crippen LogP contribution in [0.4, 0.5) is 0 Å². The highest BCUT2D eigenvalue weighted by atomic mass is 127. The highest BCUT2D eigenvalue weighted by Crippen LogP contribution is 2.21. The first-order chi connectivity index (χ1) is 12.1. The minimum absolute atomic E-state index is 0. The van der Waals surface area contributed by atoms with E-state index in [1.807, 2.05) is 19.1 Å². The lowest BCUT2D eigenvalue weighted by molar-refractivity contribution is 0.346. The van der Waals surface area contributed by atoms with Crippen molar-refractivity contribution in [3.63, 3.8) is 0 Å². The lowest BCUT2D eigenvalue weighted by Gasteiger charge is -2.25. The number of hydrogen-bond acceptors (Lipinski definition) is 3. The maximum atomic E-state index is 12.6. The van der Waals surface area contributed by atoms with Crippen LogP contribution in [-0.2, 0) is 16.6 Å². The molecule has 26 heavy (non-hydrogen) atoms. The van der Waals surface area contributed by atoms with E-state index in [0.717, 1.165) is 50.3 Å². The third-order valence-electron chi connectivity index (χ3n) is 4.18. The molecule has 2 N–H and O–H groups in total. The van der Waals surface area contributed by atoms with E-state index in [2.05, 4.69) is 22.5 Å². The molecule has 6 nitrogen and oxygen atoms in total. The molecule has 1 aliphatic heterocycles. The van der Waals surface area contributed by atoms with Crippen molar-refractivity contribution in [1.82, 2.24) is 14.9 Å². The Kier molecular flexibility index (Phi) is 10.5. The second-order valence-corrected chi connectivity index (χ2v) is 8.17. The molecule has 1 fully saturated rings. The van der Waals surface area contributed by atoms with Crippen molar-refractivity contribution in [2.75, 3.05) is 26.2 Å². The maximum Gasteiger partial charge on any atom is 0.243 e. The van der Waals surface area contributed by atoms with Gasteiger partial charge in [0, 0.05) is 26.2 Å². The maximum absolute atomic E-state index is 12.6. The summed E-state index contributed by atoms with van der Waals surface area (Å²) in [6.07, 6.45) is 4.05. The number of guanidine groups is 1. The van der Waals surface area contributed by atoms with Gasteiger partial charge in [0.05, 0.1) is 11.4 Å². The van der Waals surface area contributed by atoms with Gasteiger partial charge in [-0.2, -0.15) is 4.31 Å². The van der Waals surface area contributed by atoms with Crippen molar-refractivity contribution in [2.45, 2.75) is 51.0 Å². The van der Waals surface area contributed by atoms with Crippen molar-refractivity contribution in [1.29, 1.82) is 0 Å². The summed E-state index contributed by atoms with van der Waals surface area (Å²) >= 11 is 0. The Morgan fingerprint density at radius 1 is 1.08 bits per heavy atom. The van der Waals surface area contributed by atoms with Gasteiger partial charge in [0.15, 0.2) is 5.96 Å². The summed E-state index contributed by atoms with van der Waals surface area (Å²) < 4.78 is 26.9. The Morgan fingerprint density at radius 2 is 1.73 bits per heavy atom. The zero-order chi connectivity index (χ0) is 18.1. The molecule has 0 unspecified atom stereocenters. The van der Waals surface area contributed by atoms with Crippen LogP contribution in [-0.4, -0.2) is 44.9 Å². The fourth-order valence-electron chi connectivity index (χ4n) is 2.78. The van der Waals surface area contributed by atoms with Crippen LogP contribution in [0.3, 0.4) is 0 Å². The van der Waals surface area contributed by atoms with Gasteiger partial charge in [-0.1, -0.05) is 25.5 Å². The topological polar surface area (TPSA) is 73.8 Å². The Bertz CT molecular complexity index is 656. The van der Waals surface area contributed by atoms with E-state index in [-0.39, 0.29) is 24.0 Å². The fraction of sp³-hybridized carbons (Fsp3) is 0.611. The van der Waals surface area contributed by atoms with Gasteiger partial charge in [0.1, 0.15) is 0 Å². The van der Waals surface area contributed by atoms with Gasteiger partial charge in [-0.15, -0.1) is 24.0 Å². The van der Waals surface area contributed by atoms with Gasteiger partial charge >= 0.3 is 0 Å². The molecule has 0 spiro atoms. The summed E-state index contributed by atoms with van der Waals surface area (Å²) in [7, 11) is -3.36. The molecular formula is C18H31IN4O2S. The predicted molar refractivity (Wildman–Crippen MR) is 118 cm³/mol. The van der Waals surface area contributed by atoms with Crippen LogP contribution in [0.5, 0.6) is 0 Å². The average Bonchev–Trinajstić information content (AvgIpc) is 2.65. The summed E-state index contributed by atoms with van der Waals surface area (Å²) in [6, 6.07) is 7.09. The highest BCUT2D eigenvalue weighted by molar-refractivity contribution is 14.0. The van der Waals surface area contributed by atoms with Gasteiger partial charge in [-0.3, -0.25) is 0 Å². The normalized spacial score (nSPS) is 16.0. The van der Waals surface area contributed by atoms with E-state index < -0.39 is 10.0 Å². The SMILES string of the molecule is CCCNC(=NCc1ccc(S(=O)(=O)N2CCCCC2)cc1)NCC.I. The third kappa shape index (κ3) is 6.70. The van der Waals surface area contributed by atoms with E-state index in [0.29, 0.717) is 24.5 Å². The molecule has 0 amide bonds. The number of nitrogens with one attached hydrogen (secondary N) is 2. The van der Waals surface area contributed by atoms with Crippen molar-refractivity contribution >= 4 is 40.0 Å². The fourth-order valence-corrected chi connectivity index (χ4v) is 4.29. The predicted octanol–water partition coefficient (Wildman–Crippen LogP) is 2.94. The zero-order valence-electron chi connectivity index (χ0n) is 15.7. The first-order valence-electron chi connectivity index (χ1n) is 9.19. The monoisotopic (exact) mass is 494 g/mol. The van der Waals surface area contributed by atoms with E-state index in [9.17, 15) is 8.42 Å². The van der Waals surface area contributed by atoms with Crippen LogP contribution in [0.2, 0.25) is 0 Å². The molecule has 1 heterocycles. The number of sulfonamides is 1. The molecule has 0 atom stereocenters. The smallest absolute Gasteiger partial charge is 0.243 e. The van der Waals surface area contributed by atoms with Crippen molar-refractivity contribution < 1.29 is 8.42 Å². The lowest BCUT2D eigenvalue weighted by atomic mass is 10.2. The first-order valence-corrected chi connectivity index (χ1v) is 10.6. The standard InChI is InChI=1S/C18H30N4O2S.HI/c1-3-12-20-18(19-4-2)21-15-16-8-10-17(11-9-16)25(23,24)22-13-6-5-7-14-22;/h8-11H,3-7,12-15H2,1-2H3,(H2,19,20,21);1H. The molecule has 1 aliphatic rings. The second-order valence-electron chi connectivity index (χ2n) is 6.23. The van der Waals surface area contributed by atoms with Crippen molar-refractivity contribution in [2.24, 2.45) is 4.99 Å². The molecule has 0 saturated carbocycles. The number of nitrogens with zero attached hydrogens (tertiary/aromatic N) is 2. The zero-order valence-corrected chi connectivity index (χ0v) is 18.8. The molecule has 0 radical (unpaired) electrons. The number of benzene rings is 1. The van der Waals surface area contributed by atoms with Gasteiger partial charge in [0.2, 0.25) is 10.0 Å². The number of piperidine rings is 1. The summed E-state index contributed by atoms with van der Waals surface area (Å²) in [5.41, 5.74) is 0.992. The van der Waals surface area contributed by atoms with Crippen LogP contribution in [0.15, 0.2) is 34.2 Å². The summed E-state index contributed by atoms with van der Waals surface area (Å²) in [5.74, 6) is 0.786. The van der Waals surface area contributed by atoms with Gasteiger partial charge in [0.25, 0.3) is 0 Å². The third-order valence-corrected chi connectivity index (χ3v) is 6.10. The molecule has 2 rings (SSSR count). The van der Waals surface area contributed by atoms with Crippen LogP contribution in [0.25, 0.3) is 0 Å². The quantitative estimate of drug-likeness (QED) is 0.348. The van der Waals surface area contributed by atoms with Crippen molar-refractivity contribution in [3.8, 4) is 0 Å². The second kappa shape index (κ2) is 11.8. The minimum Gasteiger partial charge on any atom is -0.357 e. The number of aliphatic imine (C=N–C) groups is 1. The Hall–Kier alpha value is -0.870. The Morgan fingerprint density at radius 3 is 2.31 bits per heavy atom. The van der Waals surface area contributed by atoms with Crippen LogP contribution in [0, 0.1) is 0 Å². The Labute approximate surface area is 174 Å². The molecule has 1 saturated heterocycles. The van der Waals surface area contributed by atoms with Gasteiger partial charge < -0.3 is 10.6 Å². The molecule has 8 heteroatoms. The first kappa shape index (κ1) is 23.2. The largest absolute Gasteiger partial charge is 0.357 e. The molecule has 1 aromatic carbocycles. The molecule has 148 valence electrons. The lowest BCUT2D eigenvalue weighted by Crippen LogP contribution is -2.37. The van der Waals surface area contributed by atoms with Gasteiger partial charge in [-0.05, 0) is 43.9 Å².